The fourth-order valence-electron chi connectivity index (χ4n) is 1.89. The van der Waals surface area contributed by atoms with Crippen LogP contribution in [0.1, 0.15) is 6.92 Å². The van der Waals surface area contributed by atoms with E-state index in [0.29, 0.717) is 5.69 Å². The van der Waals surface area contributed by atoms with Crippen LogP contribution in [-0.2, 0) is 10.0 Å². The van der Waals surface area contributed by atoms with Crippen LogP contribution in [0.4, 0.5) is 17.2 Å². The lowest BCUT2D eigenvalue weighted by Crippen LogP contribution is -2.14. The van der Waals surface area contributed by atoms with Gasteiger partial charge in [-0.2, -0.15) is 0 Å². The van der Waals surface area contributed by atoms with Crippen molar-refractivity contribution in [2.24, 2.45) is 0 Å². The number of rotatable bonds is 5. The average molecular weight is 334 g/mol. The number of aromatic nitrogens is 2. The Bertz CT molecular complexity index is 889. The highest BCUT2D eigenvalue weighted by Crippen LogP contribution is 2.27. The molecule has 0 bridgehead atoms. The number of nitrogens with zero attached hydrogens (tertiary/aromatic N) is 2. The molecule has 2 heterocycles. The summed E-state index contributed by atoms with van der Waals surface area (Å²) in [6.45, 7) is 1.60. The zero-order valence-corrected chi connectivity index (χ0v) is 13.4. The molecule has 2 N–H and O–H groups in total. The van der Waals surface area contributed by atoms with Crippen LogP contribution in [0.2, 0.25) is 0 Å². The number of hydrogen-bond donors (Lipinski definition) is 2. The maximum Gasteiger partial charge on any atom is 0.232 e. The third-order valence-electron chi connectivity index (χ3n) is 3.04. The lowest BCUT2D eigenvalue weighted by Gasteiger charge is -2.09. The summed E-state index contributed by atoms with van der Waals surface area (Å²) in [6, 6.07) is 8.96. The van der Waals surface area contributed by atoms with E-state index in [0.717, 1.165) is 21.7 Å². The Hall–Kier alpha value is -2.19. The van der Waals surface area contributed by atoms with Crippen LogP contribution < -0.4 is 10.0 Å². The summed E-state index contributed by atoms with van der Waals surface area (Å²) in [6.07, 6.45) is 1.52. The maximum atomic E-state index is 11.5. The van der Waals surface area contributed by atoms with Gasteiger partial charge in [-0.3, -0.25) is 4.72 Å². The largest absolute Gasteiger partial charge is 0.339 e. The Morgan fingerprint density at radius 3 is 2.55 bits per heavy atom. The van der Waals surface area contributed by atoms with Crippen molar-refractivity contribution >= 4 is 48.8 Å². The molecule has 6 nitrogen and oxygen atoms in total. The van der Waals surface area contributed by atoms with Gasteiger partial charge in [0.25, 0.3) is 0 Å². The molecule has 0 atom stereocenters. The van der Waals surface area contributed by atoms with Gasteiger partial charge in [-0.1, -0.05) is 0 Å². The number of anilines is 3. The van der Waals surface area contributed by atoms with E-state index < -0.39 is 10.0 Å². The molecule has 0 aliphatic rings. The van der Waals surface area contributed by atoms with Gasteiger partial charge in [0.2, 0.25) is 10.0 Å². The first-order valence-electron chi connectivity index (χ1n) is 6.63. The van der Waals surface area contributed by atoms with Gasteiger partial charge >= 0.3 is 0 Å². The summed E-state index contributed by atoms with van der Waals surface area (Å²) >= 11 is 1.57. The lowest BCUT2D eigenvalue weighted by atomic mass is 10.3. The molecule has 114 valence electrons. The van der Waals surface area contributed by atoms with E-state index in [2.05, 4.69) is 20.0 Å². The van der Waals surface area contributed by atoms with E-state index >= 15 is 0 Å². The Morgan fingerprint density at radius 2 is 1.82 bits per heavy atom. The van der Waals surface area contributed by atoms with Crippen molar-refractivity contribution in [3.63, 3.8) is 0 Å². The minimum atomic E-state index is -3.25. The molecule has 0 aliphatic carbocycles. The molecule has 0 fully saturated rings. The second-order valence-corrected chi connectivity index (χ2v) is 7.49. The van der Waals surface area contributed by atoms with Crippen LogP contribution in [0.15, 0.2) is 42.0 Å². The molecule has 2 aromatic heterocycles. The van der Waals surface area contributed by atoms with E-state index in [-0.39, 0.29) is 5.75 Å². The van der Waals surface area contributed by atoms with Crippen LogP contribution in [0.25, 0.3) is 10.2 Å². The molecule has 0 unspecified atom stereocenters. The van der Waals surface area contributed by atoms with Gasteiger partial charge in [0.15, 0.2) is 5.82 Å². The molecule has 3 rings (SSSR count). The van der Waals surface area contributed by atoms with Crippen molar-refractivity contribution in [3.8, 4) is 0 Å². The van der Waals surface area contributed by atoms with Crippen molar-refractivity contribution in [3.05, 3.63) is 42.0 Å². The third-order valence-corrected chi connectivity index (χ3v) is 5.26. The first-order chi connectivity index (χ1) is 10.6. The molecular weight excluding hydrogens is 320 g/mol. The highest BCUT2D eigenvalue weighted by Gasteiger charge is 2.08. The highest BCUT2D eigenvalue weighted by atomic mass is 32.2. The molecule has 3 aromatic rings. The van der Waals surface area contributed by atoms with Crippen LogP contribution in [0.3, 0.4) is 0 Å². The molecular formula is C14H14N4O2S2. The van der Waals surface area contributed by atoms with E-state index in [1.807, 2.05) is 11.4 Å². The van der Waals surface area contributed by atoms with E-state index in [4.69, 9.17) is 0 Å². The van der Waals surface area contributed by atoms with E-state index in [9.17, 15) is 8.42 Å². The molecule has 8 heteroatoms. The predicted molar refractivity (Wildman–Crippen MR) is 90.2 cm³/mol. The fourth-order valence-corrected chi connectivity index (χ4v) is 3.32. The van der Waals surface area contributed by atoms with E-state index in [1.165, 1.54) is 6.33 Å². The summed E-state index contributed by atoms with van der Waals surface area (Å²) in [7, 11) is -3.25. The van der Waals surface area contributed by atoms with Gasteiger partial charge in [-0.15, -0.1) is 11.3 Å². The van der Waals surface area contributed by atoms with Crippen LogP contribution >= 0.6 is 11.3 Å². The minimum absolute atomic E-state index is 0.0459. The normalized spacial score (nSPS) is 11.5. The fraction of sp³-hybridized carbons (Fsp3) is 0.143. The molecule has 0 amide bonds. The average Bonchev–Trinajstić information content (AvgIpc) is 2.99. The van der Waals surface area contributed by atoms with Crippen molar-refractivity contribution in [2.75, 3.05) is 15.8 Å². The highest BCUT2D eigenvalue weighted by molar-refractivity contribution is 7.92. The summed E-state index contributed by atoms with van der Waals surface area (Å²) < 4.78 is 26.5. The second-order valence-electron chi connectivity index (χ2n) is 4.57. The first-order valence-corrected chi connectivity index (χ1v) is 9.16. The van der Waals surface area contributed by atoms with Gasteiger partial charge in [0.1, 0.15) is 6.33 Å². The van der Waals surface area contributed by atoms with Gasteiger partial charge in [-0.25, -0.2) is 18.4 Å². The number of hydrogen-bond acceptors (Lipinski definition) is 6. The number of benzene rings is 1. The Labute approximate surface area is 132 Å². The monoisotopic (exact) mass is 334 g/mol. The summed E-state index contributed by atoms with van der Waals surface area (Å²) in [5.74, 6) is 0.784. The quantitative estimate of drug-likeness (QED) is 0.748. The zero-order valence-electron chi connectivity index (χ0n) is 11.8. The van der Waals surface area contributed by atoms with Gasteiger partial charge in [0.05, 0.1) is 16.0 Å². The smallest absolute Gasteiger partial charge is 0.232 e. The predicted octanol–water partition coefficient (Wildman–Crippen LogP) is 3.20. The van der Waals surface area contributed by atoms with Crippen molar-refractivity contribution in [2.45, 2.75) is 6.92 Å². The minimum Gasteiger partial charge on any atom is -0.339 e. The standard InChI is InChI=1S/C14H14N4O2S2/c1-2-22(19,20)18-11-5-3-10(4-6-11)17-14-13-12(7-8-21-13)15-9-16-14/h3-9,18H,2H2,1H3,(H,15,16,17). The van der Waals surface area contributed by atoms with Crippen molar-refractivity contribution < 1.29 is 8.42 Å². The maximum absolute atomic E-state index is 11.5. The molecule has 0 saturated carbocycles. The lowest BCUT2D eigenvalue weighted by molar-refractivity contribution is 0.602. The summed E-state index contributed by atoms with van der Waals surface area (Å²) in [5, 5.41) is 5.18. The topological polar surface area (TPSA) is 84.0 Å². The number of sulfonamides is 1. The molecule has 0 saturated heterocycles. The first kappa shape index (κ1) is 14.7. The van der Waals surface area contributed by atoms with Crippen molar-refractivity contribution in [1.29, 1.82) is 0 Å². The molecule has 0 spiro atoms. The SMILES string of the molecule is CCS(=O)(=O)Nc1ccc(Nc2ncnc3ccsc23)cc1. The van der Waals surface area contributed by atoms with Crippen LogP contribution in [0, 0.1) is 0 Å². The Kier molecular flexibility index (Phi) is 3.95. The molecule has 0 radical (unpaired) electrons. The Morgan fingerprint density at radius 1 is 1.09 bits per heavy atom. The van der Waals surface area contributed by atoms with Gasteiger partial charge in [-0.05, 0) is 42.6 Å². The van der Waals surface area contributed by atoms with Crippen molar-refractivity contribution in [1.82, 2.24) is 9.97 Å². The molecule has 22 heavy (non-hydrogen) atoms. The molecule has 1 aromatic carbocycles. The second kappa shape index (κ2) is 5.90. The number of nitrogens with one attached hydrogen (secondary N) is 2. The van der Waals surface area contributed by atoms with Crippen LogP contribution in [0.5, 0.6) is 0 Å². The van der Waals surface area contributed by atoms with Crippen LogP contribution in [-0.4, -0.2) is 24.1 Å². The van der Waals surface area contributed by atoms with E-state index in [1.54, 1.807) is 42.5 Å². The summed E-state index contributed by atoms with van der Waals surface area (Å²) in [4.78, 5) is 8.44. The van der Waals surface area contributed by atoms with Gasteiger partial charge in [0, 0.05) is 11.4 Å². The Balaban J connectivity index is 1.80. The number of fused-ring (bicyclic) bond motifs is 1. The third kappa shape index (κ3) is 3.18. The number of thiophene rings is 1. The zero-order chi connectivity index (χ0) is 15.6. The molecule has 0 aliphatic heterocycles. The summed E-state index contributed by atoms with van der Waals surface area (Å²) in [5.41, 5.74) is 2.26. The van der Waals surface area contributed by atoms with Gasteiger partial charge < -0.3 is 5.32 Å².